The fourth-order valence-electron chi connectivity index (χ4n) is 0.532. The highest BCUT2D eigenvalue weighted by molar-refractivity contribution is 5.81. The van der Waals surface area contributed by atoms with Gasteiger partial charge in [0, 0.05) is 6.54 Å². The fraction of sp³-hybridized carbons (Fsp3) is 0.857. The van der Waals surface area contributed by atoms with E-state index in [-0.39, 0.29) is 11.9 Å². The molecule has 0 aliphatic carbocycles. The largest absolute Gasteiger partial charge is 0.392 e. The first-order chi connectivity index (χ1) is 5.07. The molecule has 0 unspecified atom stereocenters. The molecule has 0 aliphatic rings. The van der Waals surface area contributed by atoms with Crippen LogP contribution in [0, 0.1) is 0 Å². The van der Waals surface area contributed by atoms with Gasteiger partial charge < -0.3 is 15.7 Å². The average Bonchev–Trinajstić information content (AvgIpc) is 1.98. The van der Waals surface area contributed by atoms with Gasteiger partial charge in [-0.05, 0) is 20.9 Å². The maximum absolute atomic E-state index is 11.0. The molecular formula is C7H16N2O2. The minimum atomic E-state index is -0.483. The number of aliphatic hydroxyl groups excluding tert-OH is 1. The maximum atomic E-state index is 11.0. The van der Waals surface area contributed by atoms with Crippen LogP contribution in [-0.4, -0.2) is 36.8 Å². The third kappa shape index (κ3) is 4.75. The van der Waals surface area contributed by atoms with E-state index in [1.54, 1.807) is 20.9 Å². The number of rotatable bonds is 4. The highest BCUT2D eigenvalue weighted by Gasteiger charge is 2.09. The van der Waals surface area contributed by atoms with Gasteiger partial charge in [-0.1, -0.05) is 0 Å². The van der Waals surface area contributed by atoms with Crippen molar-refractivity contribution in [2.45, 2.75) is 26.0 Å². The summed E-state index contributed by atoms with van der Waals surface area (Å²) in [7, 11) is 1.71. The summed E-state index contributed by atoms with van der Waals surface area (Å²) in [6, 6.07) is -0.200. The van der Waals surface area contributed by atoms with Gasteiger partial charge >= 0.3 is 0 Å². The second-order valence-electron chi connectivity index (χ2n) is 2.60. The molecule has 11 heavy (non-hydrogen) atoms. The monoisotopic (exact) mass is 160 g/mol. The molecule has 0 aromatic rings. The summed E-state index contributed by atoms with van der Waals surface area (Å²) in [5.41, 5.74) is 0. The molecular weight excluding hydrogens is 144 g/mol. The number of likely N-dealkylation sites (N-methyl/N-ethyl adjacent to an activating group) is 1. The molecule has 0 aromatic heterocycles. The molecule has 0 heterocycles. The highest BCUT2D eigenvalue weighted by atomic mass is 16.3. The molecule has 1 amide bonds. The van der Waals surface area contributed by atoms with Gasteiger partial charge in [0.15, 0.2) is 0 Å². The van der Waals surface area contributed by atoms with E-state index >= 15 is 0 Å². The fourth-order valence-corrected chi connectivity index (χ4v) is 0.532. The van der Waals surface area contributed by atoms with E-state index in [1.165, 1.54) is 0 Å². The van der Waals surface area contributed by atoms with E-state index in [9.17, 15) is 4.79 Å². The van der Waals surface area contributed by atoms with E-state index in [1.807, 2.05) is 0 Å². The maximum Gasteiger partial charge on any atom is 0.236 e. The van der Waals surface area contributed by atoms with Crippen molar-refractivity contribution in [1.82, 2.24) is 10.6 Å². The molecule has 4 heteroatoms. The van der Waals surface area contributed by atoms with Crippen molar-refractivity contribution in [2.24, 2.45) is 0 Å². The van der Waals surface area contributed by atoms with Crippen LogP contribution in [0.3, 0.4) is 0 Å². The third-order valence-corrected chi connectivity index (χ3v) is 1.40. The van der Waals surface area contributed by atoms with Crippen molar-refractivity contribution in [3.63, 3.8) is 0 Å². The molecule has 0 radical (unpaired) electrons. The molecule has 0 saturated carbocycles. The number of hydrogen-bond acceptors (Lipinski definition) is 3. The van der Waals surface area contributed by atoms with Crippen LogP contribution >= 0.6 is 0 Å². The molecule has 0 fully saturated rings. The van der Waals surface area contributed by atoms with Gasteiger partial charge in [0.1, 0.15) is 0 Å². The molecule has 4 nitrogen and oxygen atoms in total. The van der Waals surface area contributed by atoms with Crippen molar-refractivity contribution in [1.29, 1.82) is 0 Å². The summed E-state index contributed by atoms with van der Waals surface area (Å²) < 4.78 is 0. The molecule has 0 aliphatic heterocycles. The van der Waals surface area contributed by atoms with Crippen molar-refractivity contribution in [2.75, 3.05) is 13.6 Å². The Balaban J connectivity index is 3.52. The number of carbonyl (C=O) groups excluding carboxylic acids is 1. The Morgan fingerprint density at radius 1 is 1.55 bits per heavy atom. The number of carbonyl (C=O) groups is 1. The van der Waals surface area contributed by atoms with Crippen LogP contribution in [0.1, 0.15) is 13.8 Å². The van der Waals surface area contributed by atoms with E-state index in [2.05, 4.69) is 10.6 Å². The van der Waals surface area contributed by atoms with Gasteiger partial charge in [-0.15, -0.1) is 0 Å². The van der Waals surface area contributed by atoms with Gasteiger partial charge in [-0.3, -0.25) is 4.79 Å². The average molecular weight is 160 g/mol. The molecule has 66 valence electrons. The standard InChI is InChI=1S/C7H16N2O2/c1-5(10)4-9-7(11)6(2)8-3/h5-6,8,10H,4H2,1-3H3,(H,9,11)/t5-,6-/m0/s1. The van der Waals surface area contributed by atoms with Crippen LogP contribution in [0.5, 0.6) is 0 Å². The first-order valence-corrected chi connectivity index (χ1v) is 3.71. The number of amides is 1. The second kappa shape index (κ2) is 5.09. The zero-order valence-corrected chi connectivity index (χ0v) is 7.22. The first-order valence-electron chi connectivity index (χ1n) is 3.71. The number of nitrogens with one attached hydrogen (secondary N) is 2. The predicted molar refractivity (Wildman–Crippen MR) is 43.2 cm³/mol. The van der Waals surface area contributed by atoms with Crippen LogP contribution in [-0.2, 0) is 4.79 Å². The molecule has 0 bridgehead atoms. The van der Waals surface area contributed by atoms with Crippen molar-refractivity contribution in [3.05, 3.63) is 0 Å². The van der Waals surface area contributed by atoms with Gasteiger partial charge in [-0.2, -0.15) is 0 Å². The van der Waals surface area contributed by atoms with Crippen molar-refractivity contribution in [3.8, 4) is 0 Å². The summed E-state index contributed by atoms with van der Waals surface area (Å²) in [5.74, 6) is -0.0894. The van der Waals surface area contributed by atoms with Crippen LogP contribution in [0.25, 0.3) is 0 Å². The zero-order valence-electron chi connectivity index (χ0n) is 7.22. The van der Waals surface area contributed by atoms with Gasteiger partial charge in [0.05, 0.1) is 12.1 Å². The summed E-state index contributed by atoms with van der Waals surface area (Å²) in [5, 5.41) is 14.2. The third-order valence-electron chi connectivity index (χ3n) is 1.40. The Morgan fingerprint density at radius 2 is 2.09 bits per heavy atom. The van der Waals surface area contributed by atoms with Gasteiger partial charge in [-0.25, -0.2) is 0 Å². The van der Waals surface area contributed by atoms with Gasteiger partial charge in [0.25, 0.3) is 0 Å². The number of aliphatic hydroxyl groups is 1. The van der Waals surface area contributed by atoms with Crippen LogP contribution in [0.2, 0.25) is 0 Å². The van der Waals surface area contributed by atoms with E-state index in [0.717, 1.165) is 0 Å². The summed E-state index contributed by atoms with van der Waals surface area (Å²) in [6.07, 6.45) is -0.483. The first kappa shape index (κ1) is 10.4. The predicted octanol–water partition coefficient (Wildman–Crippen LogP) is -0.909. The molecule has 0 rings (SSSR count). The zero-order chi connectivity index (χ0) is 8.85. The molecule has 2 atom stereocenters. The molecule has 0 spiro atoms. The Morgan fingerprint density at radius 3 is 2.45 bits per heavy atom. The molecule has 3 N–H and O–H groups in total. The lowest BCUT2D eigenvalue weighted by molar-refractivity contribution is -0.123. The smallest absolute Gasteiger partial charge is 0.236 e. The molecule has 0 saturated heterocycles. The SMILES string of the molecule is CN[C@@H](C)C(=O)NC[C@H](C)O. The van der Waals surface area contributed by atoms with Gasteiger partial charge in [0.2, 0.25) is 5.91 Å². The normalized spacial score (nSPS) is 15.6. The van der Waals surface area contributed by atoms with E-state index < -0.39 is 6.10 Å². The Labute approximate surface area is 67.0 Å². The van der Waals surface area contributed by atoms with Crippen LogP contribution in [0.15, 0.2) is 0 Å². The lowest BCUT2D eigenvalue weighted by atomic mass is 10.3. The lowest BCUT2D eigenvalue weighted by Crippen LogP contribution is -2.42. The second-order valence-corrected chi connectivity index (χ2v) is 2.60. The minimum absolute atomic E-state index is 0.0894. The quantitative estimate of drug-likeness (QED) is 0.499. The summed E-state index contributed by atoms with van der Waals surface area (Å²) in [6.45, 7) is 3.70. The Hall–Kier alpha value is -0.610. The van der Waals surface area contributed by atoms with E-state index in [0.29, 0.717) is 6.54 Å². The number of hydrogen-bond donors (Lipinski definition) is 3. The summed E-state index contributed by atoms with van der Waals surface area (Å²) in [4.78, 5) is 11.0. The van der Waals surface area contributed by atoms with Crippen molar-refractivity contribution < 1.29 is 9.90 Å². The Kier molecular flexibility index (Phi) is 4.81. The highest BCUT2D eigenvalue weighted by Crippen LogP contribution is 1.80. The van der Waals surface area contributed by atoms with Crippen LogP contribution < -0.4 is 10.6 Å². The topological polar surface area (TPSA) is 61.4 Å². The lowest BCUT2D eigenvalue weighted by Gasteiger charge is -2.11. The van der Waals surface area contributed by atoms with Crippen molar-refractivity contribution >= 4 is 5.91 Å². The Bertz CT molecular complexity index is 126. The van der Waals surface area contributed by atoms with Crippen LogP contribution in [0.4, 0.5) is 0 Å². The molecule has 0 aromatic carbocycles. The minimum Gasteiger partial charge on any atom is -0.392 e. The van der Waals surface area contributed by atoms with E-state index in [4.69, 9.17) is 5.11 Å². The summed E-state index contributed by atoms with van der Waals surface area (Å²) >= 11 is 0.